The third kappa shape index (κ3) is 68.0. The molecule has 0 radical (unpaired) electrons. The molecule has 0 aliphatic heterocycles. The maximum absolute atomic E-state index is 12.9. The monoisotopic (exact) mass is 1150 g/mol. The fraction of sp³-hybridized carbons (Fsp3) is 0.649. The zero-order valence-electron chi connectivity index (χ0n) is 53.9. The maximum Gasteiger partial charge on any atom is 0.306 e. The molecule has 0 aromatic carbocycles. The first-order valence-corrected chi connectivity index (χ1v) is 34.3. The van der Waals surface area contributed by atoms with Crippen LogP contribution in [-0.2, 0) is 28.6 Å². The Morgan fingerprint density at radius 1 is 0.241 bits per heavy atom. The predicted molar refractivity (Wildman–Crippen MR) is 362 cm³/mol. The first kappa shape index (κ1) is 78.3. The molecule has 1 unspecified atom stereocenters. The van der Waals surface area contributed by atoms with Crippen LogP contribution in [0.4, 0.5) is 0 Å². The summed E-state index contributed by atoms with van der Waals surface area (Å²) in [4.78, 5) is 38.4. The fourth-order valence-electron chi connectivity index (χ4n) is 9.30. The van der Waals surface area contributed by atoms with Crippen LogP contribution >= 0.6 is 0 Å². The van der Waals surface area contributed by atoms with Gasteiger partial charge in [-0.25, -0.2) is 0 Å². The van der Waals surface area contributed by atoms with Gasteiger partial charge < -0.3 is 14.2 Å². The average molecular weight is 1150 g/mol. The van der Waals surface area contributed by atoms with Crippen molar-refractivity contribution in [3.8, 4) is 0 Å². The first-order valence-electron chi connectivity index (χ1n) is 34.3. The minimum absolute atomic E-state index is 0.0896. The van der Waals surface area contributed by atoms with Crippen LogP contribution in [0.15, 0.2) is 146 Å². The summed E-state index contributed by atoms with van der Waals surface area (Å²) < 4.78 is 17.0. The third-order valence-corrected chi connectivity index (χ3v) is 14.3. The minimum Gasteiger partial charge on any atom is -0.462 e. The van der Waals surface area contributed by atoms with Crippen molar-refractivity contribution >= 4 is 17.9 Å². The molecule has 0 bridgehead atoms. The molecule has 0 spiro atoms. The number of ether oxygens (including phenoxy) is 3. The van der Waals surface area contributed by atoms with Crippen molar-refractivity contribution in [2.45, 2.75) is 309 Å². The highest BCUT2D eigenvalue weighted by atomic mass is 16.6. The summed E-state index contributed by atoms with van der Waals surface area (Å²) in [5.41, 5.74) is 0. The van der Waals surface area contributed by atoms with E-state index in [0.717, 1.165) is 148 Å². The number of carbonyl (C=O) groups is 3. The number of carbonyl (C=O) groups excluding carboxylic acids is 3. The number of allylic oxidation sites excluding steroid dienone is 24. The molecule has 6 heteroatoms. The maximum atomic E-state index is 12.9. The fourth-order valence-corrected chi connectivity index (χ4v) is 9.30. The molecule has 0 aliphatic rings. The highest BCUT2D eigenvalue weighted by Crippen LogP contribution is 2.16. The van der Waals surface area contributed by atoms with E-state index in [9.17, 15) is 14.4 Å². The molecular weight excluding hydrogens is 1020 g/mol. The largest absolute Gasteiger partial charge is 0.462 e. The summed E-state index contributed by atoms with van der Waals surface area (Å²) >= 11 is 0. The van der Waals surface area contributed by atoms with Crippen molar-refractivity contribution in [1.29, 1.82) is 0 Å². The van der Waals surface area contributed by atoms with Crippen LogP contribution in [-0.4, -0.2) is 37.2 Å². The van der Waals surface area contributed by atoms with Crippen molar-refractivity contribution in [1.82, 2.24) is 0 Å². The zero-order valence-corrected chi connectivity index (χ0v) is 53.9. The van der Waals surface area contributed by atoms with Gasteiger partial charge in [0.15, 0.2) is 6.10 Å². The Kier molecular flexibility index (Phi) is 65.8. The Morgan fingerprint density at radius 3 is 0.675 bits per heavy atom. The summed E-state index contributed by atoms with van der Waals surface area (Å²) in [5.74, 6) is -0.906. The molecule has 0 heterocycles. The second-order valence-corrected chi connectivity index (χ2v) is 22.3. The molecule has 0 fully saturated rings. The SMILES string of the molecule is CC/C=C\C/C=C\C/C=C\C/C=C\C/C=C\C/C=C\CCCCCCCCCCCCCCC(=O)OCC(COC(=O)CCCCCCCCC/C=C\C/C=C\C/C=C\CC)OC(=O)CCCCCCCCC/C=C\C/C=C\C/C=C\CC. The number of hydrogen-bond donors (Lipinski definition) is 0. The molecule has 0 N–H and O–H groups in total. The van der Waals surface area contributed by atoms with Gasteiger partial charge in [0, 0.05) is 19.3 Å². The van der Waals surface area contributed by atoms with Crippen molar-refractivity contribution < 1.29 is 28.6 Å². The van der Waals surface area contributed by atoms with Crippen LogP contribution in [0.1, 0.15) is 303 Å². The third-order valence-electron chi connectivity index (χ3n) is 14.3. The molecule has 83 heavy (non-hydrogen) atoms. The molecule has 0 aromatic heterocycles. The van der Waals surface area contributed by atoms with Crippen molar-refractivity contribution in [2.75, 3.05) is 13.2 Å². The molecule has 0 aliphatic carbocycles. The molecular formula is C77H126O6. The lowest BCUT2D eigenvalue weighted by Crippen LogP contribution is -2.30. The van der Waals surface area contributed by atoms with Gasteiger partial charge >= 0.3 is 17.9 Å². The summed E-state index contributed by atoms with van der Waals surface area (Å²) in [6, 6.07) is 0. The van der Waals surface area contributed by atoms with Crippen LogP contribution in [0, 0.1) is 0 Å². The van der Waals surface area contributed by atoms with E-state index in [-0.39, 0.29) is 31.1 Å². The number of rotatable bonds is 61. The van der Waals surface area contributed by atoms with Crippen molar-refractivity contribution in [2.24, 2.45) is 0 Å². The van der Waals surface area contributed by atoms with E-state index < -0.39 is 6.10 Å². The van der Waals surface area contributed by atoms with Gasteiger partial charge in [0.05, 0.1) is 0 Å². The molecule has 1 atom stereocenters. The average Bonchev–Trinajstić information content (AvgIpc) is 3.49. The van der Waals surface area contributed by atoms with Crippen LogP contribution in [0.2, 0.25) is 0 Å². The summed E-state index contributed by atoms with van der Waals surface area (Å²) in [5, 5.41) is 0. The van der Waals surface area contributed by atoms with E-state index in [1.54, 1.807) is 0 Å². The minimum atomic E-state index is -0.795. The van der Waals surface area contributed by atoms with Crippen LogP contribution < -0.4 is 0 Å². The smallest absolute Gasteiger partial charge is 0.306 e. The molecule has 0 rings (SSSR count). The number of unbranched alkanes of at least 4 members (excludes halogenated alkanes) is 26. The molecule has 0 saturated heterocycles. The second-order valence-electron chi connectivity index (χ2n) is 22.3. The van der Waals surface area contributed by atoms with Crippen molar-refractivity contribution in [3.63, 3.8) is 0 Å². The zero-order chi connectivity index (χ0) is 59.9. The Morgan fingerprint density at radius 2 is 0.434 bits per heavy atom. The lowest BCUT2D eigenvalue weighted by Gasteiger charge is -2.18. The van der Waals surface area contributed by atoms with Gasteiger partial charge in [-0.1, -0.05) is 295 Å². The lowest BCUT2D eigenvalue weighted by atomic mass is 10.0. The van der Waals surface area contributed by atoms with Gasteiger partial charge in [-0.2, -0.15) is 0 Å². The summed E-state index contributed by atoms with van der Waals surface area (Å²) in [6.45, 7) is 6.30. The first-order chi connectivity index (χ1) is 41.0. The number of esters is 3. The normalized spacial score (nSPS) is 13.0. The Balaban J connectivity index is 4.32. The molecule has 6 nitrogen and oxygen atoms in total. The van der Waals surface area contributed by atoms with Gasteiger partial charge in [-0.15, -0.1) is 0 Å². The Hall–Kier alpha value is -4.71. The highest BCUT2D eigenvalue weighted by molar-refractivity contribution is 5.71. The van der Waals surface area contributed by atoms with E-state index in [1.807, 2.05) is 0 Å². The molecule has 0 aromatic rings. The summed E-state index contributed by atoms with van der Waals surface area (Å²) in [6.07, 6.45) is 100. The van der Waals surface area contributed by atoms with Gasteiger partial charge in [-0.3, -0.25) is 14.4 Å². The molecule has 0 saturated carbocycles. The van der Waals surface area contributed by atoms with Gasteiger partial charge in [0.2, 0.25) is 0 Å². The Bertz CT molecular complexity index is 1800. The van der Waals surface area contributed by atoms with Gasteiger partial charge in [-0.05, 0) is 135 Å². The van der Waals surface area contributed by atoms with Crippen molar-refractivity contribution in [3.05, 3.63) is 146 Å². The van der Waals surface area contributed by atoms with Crippen LogP contribution in [0.25, 0.3) is 0 Å². The van der Waals surface area contributed by atoms with E-state index in [0.29, 0.717) is 19.3 Å². The van der Waals surface area contributed by atoms with E-state index in [2.05, 4.69) is 167 Å². The Labute approximate surface area is 512 Å². The van der Waals surface area contributed by atoms with E-state index in [4.69, 9.17) is 14.2 Å². The van der Waals surface area contributed by atoms with Crippen LogP contribution in [0.3, 0.4) is 0 Å². The molecule has 470 valence electrons. The van der Waals surface area contributed by atoms with E-state index in [1.165, 1.54) is 116 Å². The van der Waals surface area contributed by atoms with Gasteiger partial charge in [0.25, 0.3) is 0 Å². The van der Waals surface area contributed by atoms with Crippen LogP contribution in [0.5, 0.6) is 0 Å². The topological polar surface area (TPSA) is 78.9 Å². The highest BCUT2D eigenvalue weighted by Gasteiger charge is 2.19. The predicted octanol–water partition coefficient (Wildman–Crippen LogP) is 23.9. The standard InChI is InChI=1S/C77H126O6/c1-4-7-10-13-16-19-22-25-28-31-32-33-34-35-36-37-38-39-40-41-42-43-44-47-49-52-55-58-61-64-67-70-76(79)82-73-74(83-77(80)71-68-65-62-59-56-53-50-46-30-27-24-21-18-15-12-9-6-3)72-81-75(78)69-66-63-60-57-54-51-48-45-29-26-23-20-17-14-11-8-5-2/h7-12,16-21,25-30,32-33,35-36,38-39,74H,4-6,13-15,22-24,31,34,37,40-73H2,1-3H3/b10-7-,11-8-,12-9-,19-16-,20-17-,21-18-,28-25-,29-26-,30-27-,33-32-,36-35-,39-38-. The quantitative estimate of drug-likeness (QED) is 0.0261. The van der Waals surface area contributed by atoms with Gasteiger partial charge in [0.1, 0.15) is 13.2 Å². The molecule has 0 amide bonds. The summed E-state index contributed by atoms with van der Waals surface area (Å²) in [7, 11) is 0. The van der Waals surface area contributed by atoms with E-state index >= 15 is 0 Å². The second kappa shape index (κ2) is 69.8. The lowest BCUT2D eigenvalue weighted by molar-refractivity contribution is -0.167. The number of hydrogen-bond acceptors (Lipinski definition) is 6.